The van der Waals surface area contributed by atoms with Gasteiger partial charge in [-0.25, -0.2) is 9.97 Å². The minimum Gasteiger partial charge on any atom is -0.479 e. The summed E-state index contributed by atoms with van der Waals surface area (Å²) in [4.78, 5) is 20.1. The van der Waals surface area contributed by atoms with E-state index in [2.05, 4.69) is 54.9 Å². The van der Waals surface area contributed by atoms with Crippen molar-refractivity contribution in [3.05, 3.63) is 41.7 Å². The first-order chi connectivity index (χ1) is 16.0. The highest BCUT2D eigenvalue weighted by atomic mass is 35.5. The van der Waals surface area contributed by atoms with E-state index in [0.29, 0.717) is 34.3 Å². The minimum absolute atomic E-state index is 0.281. The minimum atomic E-state index is -0.294. The standard InChI is InChI=1S/C22H25ClN7O2P/c1-31-19-16(9-25-21(29-19)30-10-22(11-30)12-32-13-22)27-20-24-8-14(23)18(28-20)26-15-6-4-5-7-17(15)33(2)3/h4-9H,10-13H2,1-3H3,(H2,24,26,27,28). The van der Waals surface area contributed by atoms with Gasteiger partial charge in [-0.3, -0.25) is 0 Å². The second kappa shape index (κ2) is 8.89. The Labute approximate surface area is 198 Å². The zero-order valence-electron chi connectivity index (χ0n) is 18.7. The molecule has 2 aromatic heterocycles. The fourth-order valence-electron chi connectivity index (χ4n) is 3.96. The lowest BCUT2D eigenvalue weighted by Crippen LogP contribution is -2.66. The smallest absolute Gasteiger partial charge is 0.242 e. The zero-order valence-corrected chi connectivity index (χ0v) is 20.3. The predicted molar refractivity (Wildman–Crippen MR) is 133 cm³/mol. The van der Waals surface area contributed by atoms with Crippen LogP contribution in [0.2, 0.25) is 5.02 Å². The van der Waals surface area contributed by atoms with E-state index in [1.165, 1.54) is 5.30 Å². The van der Waals surface area contributed by atoms with Crippen LogP contribution in [-0.4, -0.2) is 66.7 Å². The first-order valence-electron chi connectivity index (χ1n) is 10.5. The van der Waals surface area contributed by atoms with Gasteiger partial charge in [0, 0.05) is 18.8 Å². The lowest BCUT2D eigenvalue weighted by Gasteiger charge is -2.54. The number of ether oxygens (including phenoxy) is 2. The molecule has 5 rings (SSSR count). The normalized spacial score (nSPS) is 16.3. The van der Waals surface area contributed by atoms with Gasteiger partial charge in [-0.05, 0) is 24.7 Å². The van der Waals surface area contributed by atoms with E-state index < -0.39 is 0 Å². The Bertz CT molecular complexity index is 1170. The summed E-state index contributed by atoms with van der Waals surface area (Å²) in [6.45, 7) is 7.84. The van der Waals surface area contributed by atoms with Gasteiger partial charge in [0.1, 0.15) is 10.7 Å². The Morgan fingerprint density at radius 2 is 1.85 bits per heavy atom. The van der Waals surface area contributed by atoms with Crippen molar-refractivity contribution in [3.8, 4) is 5.88 Å². The Hall–Kier alpha value is -2.74. The second-order valence-corrected chi connectivity index (χ2v) is 11.2. The molecule has 0 amide bonds. The molecular weight excluding hydrogens is 461 g/mol. The third kappa shape index (κ3) is 4.40. The molecule has 2 fully saturated rings. The number of anilines is 5. The van der Waals surface area contributed by atoms with Gasteiger partial charge in [-0.1, -0.05) is 37.7 Å². The van der Waals surface area contributed by atoms with Gasteiger partial charge in [0.15, 0.2) is 5.82 Å². The molecule has 0 saturated carbocycles. The third-order valence-electron chi connectivity index (χ3n) is 5.72. The van der Waals surface area contributed by atoms with Gasteiger partial charge < -0.3 is 25.0 Å². The van der Waals surface area contributed by atoms with Gasteiger partial charge in [-0.15, -0.1) is 0 Å². The van der Waals surface area contributed by atoms with Crippen LogP contribution in [0, 0.1) is 5.41 Å². The second-order valence-electron chi connectivity index (χ2n) is 8.49. The molecule has 0 bridgehead atoms. The Morgan fingerprint density at radius 3 is 2.55 bits per heavy atom. The van der Waals surface area contributed by atoms with Crippen LogP contribution >= 0.6 is 19.5 Å². The molecule has 2 saturated heterocycles. The molecule has 1 aromatic carbocycles. The topological polar surface area (TPSA) is 97.3 Å². The molecule has 0 radical (unpaired) electrons. The molecule has 33 heavy (non-hydrogen) atoms. The number of aromatic nitrogens is 4. The van der Waals surface area contributed by atoms with Crippen molar-refractivity contribution in [3.63, 3.8) is 0 Å². The van der Waals surface area contributed by atoms with E-state index in [9.17, 15) is 0 Å². The lowest BCUT2D eigenvalue weighted by molar-refractivity contribution is -0.127. The summed E-state index contributed by atoms with van der Waals surface area (Å²) >= 11 is 6.38. The molecule has 2 aliphatic heterocycles. The molecule has 0 atom stereocenters. The van der Waals surface area contributed by atoms with Crippen LogP contribution < -0.4 is 25.6 Å². The van der Waals surface area contributed by atoms with E-state index in [-0.39, 0.29) is 13.3 Å². The van der Waals surface area contributed by atoms with Crippen LogP contribution in [0.15, 0.2) is 36.7 Å². The first-order valence-corrected chi connectivity index (χ1v) is 13.1. The molecule has 1 spiro atoms. The highest BCUT2D eigenvalue weighted by Crippen LogP contribution is 2.40. The molecule has 172 valence electrons. The summed E-state index contributed by atoms with van der Waals surface area (Å²) in [5.41, 5.74) is 1.83. The average Bonchev–Trinajstić information content (AvgIpc) is 2.75. The Kier molecular flexibility index (Phi) is 5.95. The molecule has 3 aromatic rings. The summed E-state index contributed by atoms with van der Waals surface area (Å²) in [6.07, 6.45) is 3.25. The number of hydrogen-bond acceptors (Lipinski definition) is 9. The van der Waals surface area contributed by atoms with E-state index in [1.807, 2.05) is 18.2 Å². The molecule has 2 N–H and O–H groups in total. The maximum absolute atomic E-state index is 6.38. The van der Waals surface area contributed by atoms with Gasteiger partial charge in [0.25, 0.3) is 0 Å². The average molecular weight is 486 g/mol. The van der Waals surface area contributed by atoms with Crippen molar-refractivity contribution in [1.29, 1.82) is 0 Å². The summed E-state index contributed by atoms with van der Waals surface area (Å²) in [7, 11) is 1.28. The highest BCUT2D eigenvalue weighted by Gasteiger charge is 2.50. The first kappa shape index (κ1) is 22.1. The van der Waals surface area contributed by atoms with Crippen molar-refractivity contribution in [2.24, 2.45) is 5.41 Å². The van der Waals surface area contributed by atoms with Crippen LogP contribution in [-0.2, 0) is 4.74 Å². The number of benzene rings is 1. The summed E-state index contributed by atoms with van der Waals surface area (Å²) in [5.74, 6) is 1.94. The van der Waals surface area contributed by atoms with Gasteiger partial charge in [0.05, 0.1) is 38.1 Å². The molecule has 2 aliphatic rings. The van der Waals surface area contributed by atoms with Crippen molar-refractivity contribution in [2.75, 3.05) is 62.3 Å². The van der Waals surface area contributed by atoms with Crippen LogP contribution in [0.5, 0.6) is 5.88 Å². The Balaban J connectivity index is 1.34. The van der Waals surface area contributed by atoms with Crippen molar-refractivity contribution in [1.82, 2.24) is 19.9 Å². The fourth-order valence-corrected chi connectivity index (χ4v) is 5.10. The van der Waals surface area contributed by atoms with Crippen molar-refractivity contribution >= 4 is 53.9 Å². The monoisotopic (exact) mass is 485 g/mol. The quantitative estimate of drug-likeness (QED) is 0.486. The number of rotatable bonds is 7. The van der Waals surface area contributed by atoms with Crippen LogP contribution in [0.3, 0.4) is 0 Å². The maximum atomic E-state index is 6.38. The van der Waals surface area contributed by atoms with E-state index >= 15 is 0 Å². The summed E-state index contributed by atoms with van der Waals surface area (Å²) in [6, 6.07) is 8.16. The van der Waals surface area contributed by atoms with Crippen LogP contribution in [0.1, 0.15) is 0 Å². The van der Waals surface area contributed by atoms with E-state index in [1.54, 1.807) is 19.5 Å². The number of nitrogens with one attached hydrogen (secondary N) is 2. The molecule has 4 heterocycles. The molecule has 0 unspecified atom stereocenters. The highest BCUT2D eigenvalue weighted by molar-refractivity contribution is 7.64. The van der Waals surface area contributed by atoms with Gasteiger partial charge in [0.2, 0.25) is 17.8 Å². The number of nitrogens with zero attached hydrogens (tertiary/aromatic N) is 5. The zero-order chi connectivity index (χ0) is 23.0. The van der Waals surface area contributed by atoms with Gasteiger partial charge in [-0.2, -0.15) is 9.97 Å². The van der Waals surface area contributed by atoms with Crippen LogP contribution in [0.25, 0.3) is 0 Å². The van der Waals surface area contributed by atoms with Crippen LogP contribution in [0.4, 0.5) is 29.1 Å². The third-order valence-corrected chi connectivity index (χ3v) is 7.35. The maximum Gasteiger partial charge on any atom is 0.242 e. The number of methoxy groups -OCH3 is 1. The number of halogens is 1. The SMILES string of the molecule is COc1nc(N2CC3(COC3)C2)ncc1Nc1ncc(Cl)c(Nc2ccccc2P(C)C)n1. The summed E-state index contributed by atoms with van der Waals surface area (Å²) < 4.78 is 10.8. The predicted octanol–water partition coefficient (Wildman–Crippen LogP) is 3.62. The largest absolute Gasteiger partial charge is 0.479 e. The molecule has 11 heteroatoms. The molecule has 0 aliphatic carbocycles. The number of hydrogen-bond donors (Lipinski definition) is 2. The Morgan fingerprint density at radius 1 is 1.06 bits per heavy atom. The van der Waals surface area contributed by atoms with Crippen molar-refractivity contribution in [2.45, 2.75) is 0 Å². The summed E-state index contributed by atoms with van der Waals surface area (Å²) in [5, 5.41) is 8.17. The van der Waals surface area contributed by atoms with E-state index in [4.69, 9.17) is 21.1 Å². The fraction of sp³-hybridized carbons (Fsp3) is 0.364. The molecular formula is C22H25ClN7O2P. The molecule has 9 nitrogen and oxygen atoms in total. The van der Waals surface area contributed by atoms with E-state index in [0.717, 1.165) is 32.0 Å². The number of para-hydroxylation sites is 1. The van der Waals surface area contributed by atoms with Crippen molar-refractivity contribution < 1.29 is 9.47 Å². The lowest BCUT2D eigenvalue weighted by atomic mass is 9.78. The van der Waals surface area contributed by atoms with Gasteiger partial charge >= 0.3 is 0 Å².